The van der Waals surface area contributed by atoms with Gasteiger partial charge in [-0.1, -0.05) is 37.4 Å². The van der Waals surface area contributed by atoms with Gasteiger partial charge in [0, 0.05) is 30.3 Å². The Hall–Kier alpha value is -3.20. The Morgan fingerprint density at radius 1 is 1.19 bits per heavy atom. The molecule has 0 aliphatic rings. The Labute approximate surface area is 183 Å². The largest absolute Gasteiger partial charge is 0.484 e. The lowest BCUT2D eigenvalue weighted by atomic mass is 10.2. The molecule has 0 saturated heterocycles. The van der Waals surface area contributed by atoms with Crippen molar-refractivity contribution in [2.45, 2.75) is 13.0 Å². The minimum atomic E-state index is -3.04. The van der Waals surface area contributed by atoms with Crippen molar-refractivity contribution in [1.29, 1.82) is 0 Å². The summed E-state index contributed by atoms with van der Waals surface area (Å²) in [4.78, 5) is 23.8. The summed E-state index contributed by atoms with van der Waals surface area (Å²) in [7, 11) is 0. The molecule has 0 bridgehead atoms. The fourth-order valence-electron chi connectivity index (χ4n) is 2.08. The number of carbonyl (C=O) groups is 2. The van der Waals surface area contributed by atoms with Crippen molar-refractivity contribution in [1.82, 2.24) is 10.6 Å². The van der Waals surface area contributed by atoms with Crippen molar-refractivity contribution in [3.8, 4) is 5.75 Å². The van der Waals surface area contributed by atoms with Crippen LogP contribution in [-0.4, -0.2) is 38.1 Å². The maximum absolute atomic E-state index is 13.3. The minimum absolute atomic E-state index is 0.0633. The van der Waals surface area contributed by atoms with Crippen LogP contribution in [0, 0.1) is 5.82 Å². The van der Waals surface area contributed by atoms with Gasteiger partial charge in [0.2, 0.25) is 5.91 Å². The first-order valence-corrected chi connectivity index (χ1v) is 9.28. The second-order valence-corrected chi connectivity index (χ2v) is 6.41. The molecule has 0 radical (unpaired) electrons. The average molecular weight is 459 g/mol. The van der Waals surface area contributed by atoms with Gasteiger partial charge in [0.25, 0.3) is 5.91 Å². The van der Waals surface area contributed by atoms with E-state index in [1.807, 2.05) is 0 Å². The molecule has 0 heterocycles. The predicted molar refractivity (Wildman–Crippen MR) is 111 cm³/mol. The van der Waals surface area contributed by atoms with Gasteiger partial charge in [0.05, 0.1) is 5.02 Å². The highest BCUT2D eigenvalue weighted by molar-refractivity contribution is 6.30. The number of hydrogen-bond acceptors (Lipinski definition) is 4. The SMILES string of the molecule is C=C/C=C(/OC(F)F)C(=C)CNC(=O)C(=C)CCNC(=O)COc1ccc(Cl)c(F)c1. The smallest absolute Gasteiger partial charge is 0.387 e. The Balaban J connectivity index is 2.34. The van der Waals surface area contributed by atoms with E-state index >= 15 is 0 Å². The molecule has 0 aliphatic heterocycles. The Bertz CT molecular complexity index is 872. The van der Waals surface area contributed by atoms with E-state index in [9.17, 15) is 22.8 Å². The van der Waals surface area contributed by atoms with Crippen molar-refractivity contribution in [2.24, 2.45) is 0 Å². The molecule has 0 fully saturated rings. The maximum Gasteiger partial charge on any atom is 0.387 e. The molecule has 0 spiro atoms. The van der Waals surface area contributed by atoms with Crippen LogP contribution in [0.15, 0.2) is 67.0 Å². The van der Waals surface area contributed by atoms with Gasteiger partial charge in [0.1, 0.15) is 17.3 Å². The van der Waals surface area contributed by atoms with E-state index in [0.717, 1.165) is 6.07 Å². The number of hydrogen-bond donors (Lipinski definition) is 2. The highest BCUT2D eigenvalue weighted by Gasteiger charge is 2.13. The quantitative estimate of drug-likeness (QED) is 0.267. The Morgan fingerprint density at radius 2 is 1.90 bits per heavy atom. The Kier molecular flexibility index (Phi) is 11.0. The van der Waals surface area contributed by atoms with Gasteiger partial charge < -0.3 is 20.1 Å². The molecule has 0 aromatic heterocycles. The van der Waals surface area contributed by atoms with Crippen molar-refractivity contribution < 1.29 is 32.2 Å². The number of amides is 2. The lowest BCUT2D eigenvalue weighted by molar-refractivity contribution is -0.123. The van der Waals surface area contributed by atoms with Crippen molar-refractivity contribution >= 4 is 23.4 Å². The van der Waals surface area contributed by atoms with Crippen LogP contribution in [0.3, 0.4) is 0 Å². The molecule has 2 amide bonds. The summed E-state index contributed by atoms with van der Waals surface area (Å²) in [5.41, 5.74) is 0.267. The Morgan fingerprint density at radius 3 is 2.52 bits per heavy atom. The lowest BCUT2D eigenvalue weighted by Crippen LogP contribution is -2.32. The average Bonchev–Trinajstić information content (AvgIpc) is 2.71. The molecule has 6 nitrogen and oxygen atoms in total. The molecule has 0 atom stereocenters. The summed E-state index contributed by atoms with van der Waals surface area (Å²) in [6.45, 7) is 7.12. The van der Waals surface area contributed by atoms with Crippen LogP contribution < -0.4 is 15.4 Å². The normalized spacial score (nSPS) is 10.9. The van der Waals surface area contributed by atoms with Crippen LogP contribution in [0.4, 0.5) is 13.2 Å². The van der Waals surface area contributed by atoms with Gasteiger partial charge in [-0.25, -0.2) is 4.39 Å². The predicted octanol–water partition coefficient (Wildman–Crippen LogP) is 3.90. The fraction of sp³-hybridized carbons (Fsp3) is 0.238. The van der Waals surface area contributed by atoms with Gasteiger partial charge in [0.15, 0.2) is 6.61 Å². The van der Waals surface area contributed by atoms with E-state index in [-0.39, 0.29) is 53.8 Å². The third-order valence-corrected chi connectivity index (χ3v) is 3.93. The zero-order valence-corrected chi connectivity index (χ0v) is 17.3. The van der Waals surface area contributed by atoms with Crippen LogP contribution in [-0.2, 0) is 14.3 Å². The number of ether oxygens (including phenoxy) is 2. The minimum Gasteiger partial charge on any atom is -0.484 e. The van der Waals surface area contributed by atoms with E-state index in [0.29, 0.717) is 0 Å². The summed E-state index contributed by atoms with van der Waals surface area (Å²) in [6.07, 6.45) is 2.58. The second kappa shape index (κ2) is 13.2. The molecular formula is C21H22ClF3N2O4. The third-order valence-electron chi connectivity index (χ3n) is 3.63. The topological polar surface area (TPSA) is 76.7 Å². The van der Waals surface area contributed by atoms with E-state index < -0.39 is 24.2 Å². The molecule has 0 aliphatic carbocycles. The fourth-order valence-corrected chi connectivity index (χ4v) is 2.19. The number of carbonyl (C=O) groups excluding carboxylic acids is 2. The van der Waals surface area contributed by atoms with Crippen molar-refractivity contribution in [3.63, 3.8) is 0 Å². The van der Waals surface area contributed by atoms with Crippen LogP contribution in [0.5, 0.6) is 5.75 Å². The van der Waals surface area contributed by atoms with Gasteiger partial charge in [-0.2, -0.15) is 8.78 Å². The number of nitrogens with one attached hydrogen (secondary N) is 2. The number of allylic oxidation sites excluding steroid dienone is 2. The van der Waals surface area contributed by atoms with E-state index in [2.05, 4.69) is 35.1 Å². The molecule has 0 saturated carbocycles. The van der Waals surface area contributed by atoms with Crippen molar-refractivity contribution in [3.05, 3.63) is 77.8 Å². The molecule has 0 unspecified atom stereocenters. The highest BCUT2D eigenvalue weighted by atomic mass is 35.5. The number of benzene rings is 1. The lowest BCUT2D eigenvalue weighted by Gasteiger charge is -2.13. The van der Waals surface area contributed by atoms with E-state index in [4.69, 9.17) is 16.3 Å². The zero-order valence-electron chi connectivity index (χ0n) is 16.6. The van der Waals surface area contributed by atoms with Crippen LogP contribution in [0.2, 0.25) is 5.02 Å². The summed E-state index contributed by atoms with van der Waals surface area (Å²) in [5, 5.41) is 4.92. The first-order chi connectivity index (χ1) is 14.6. The van der Waals surface area contributed by atoms with E-state index in [1.165, 1.54) is 24.3 Å². The number of alkyl halides is 2. The maximum atomic E-state index is 13.3. The molecule has 31 heavy (non-hydrogen) atoms. The molecule has 1 rings (SSSR count). The number of rotatable bonds is 13. The second-order valence-electron chi connectivity index (χ2n) is 6.00. The third kappa shape index (κ3) is 9.90. The summed E-state index contributed by atoms with van der Waals surface area (Å²) in [5.74, 6) is -1.76. The van der Waals surface area contributed by atoms with Crippen LogP contribution in [0.1, 0.15) is 6.42 Å². The molecule has 168 valence electrons. The zero-order chi connectivity index (χ0) is 23.4. The van der Waals surface area contributed by atoms with Gasteiger partial charge in [-0.3, -0.25) is 9.59 Å². The molecule has 2 N–H and O–H groups in total. The first-order valence-electron chi connectivity index (χ1n) is 8.90. The van der Waals surface area contributed by atoms with Crippen molar-refractivity contribution in [2.75, 3.05) is 19.7 Å². The number of halogens is 4. The first kappa shape index (κ1) is 25.8. The van der Waals surface area contributed by atoms with E-state index in [1.54, 1.807) is 0 Å². The monoisotopic (exact) mass is 458 g/mol. The highest BCUT2D eigenvalue weighted by Crippen LogP contribution is 2.20. The van der Waals surface area contributed by atoms with Gasteiger partial charge >= 0.3 is 6.61 Å². The van der Waals surface area contributed by atoms with Gasteiger partial charge in [-0.05, 0) is 24.6 Å². The molecule has 10 heteroatoms. The van der Waals surface area contributed by atoms with Gasteiger partial charge in [-0.15, -0.1) is 0 Å². The van der Waals surface area contributed by atoms with Crippen LogP contribution in [0.25, 0.3) is 0 Å². The summed E-state index contributed by atoms with van der Waals surface area (Å²) in [6, 6.07) is 3.77. The standard InChI is InChI=1S/C21H22ClF3N2O4/c1-4-5-18(31-21(24)25)14(3)11-27-20(29)13(2)8-9-26-19(28)12-30-15-6-7-16(22)17(23)10-15/h4-7,10,21H,1-3,8-9,11-12H2,(H,26,28)(H,27,29)/b18-5+. The summed E-state index contributed by atoms with van der Waals surface area (Å²) >= 11 is 5.56. The summed E-state index contributed by atoms with van der Waals surface area (Å²) < 4.78 is 47.5. The molecule has 1 aromatic carbocycles. The van der Waals surface area contributed by atoms with Crippen LogP contribution >= 0.6 is 11.6 Å². The molecule has 1 aromatic rings. The molecular weight excluding hydrogens is 437 g/mol.